The van der Waals surface area contributed by atoms with E-state index in [9.17, 15) is 4.79 Å². The fourth-order valence-electron chi connectivity index (χ4n) is 1.41. The molecule has 3 heteroatoms. The second-order valence-electron chi connectivity index (χ2n) is 3.54. The molecule has 0 amide bonds. The molecule has 0 saturated carbocycles. The summed E-state index contributed by atoms with van der Waals surface area (Å²) in [5, 5.41) is 0. The zero-order valence-corrected chi connectivity index (χ0v) is 11.5. The van der Waals surface area contributed by atoms with Gasteiger partial charge in [-0.05, 0) is 18.2 Å². The van der Waals surface area contributed by atoms with Gasteiger partial charge < -0.3 is 0 Å². The van der Waals surface area contributed by atoms with Gasteiger partial charge in [-0.15, -0.1) is 11.8 Å². The molecule has 17 heavy (non-hydrogen) atoms. The molecule has 0 aliphatic carbocycles. The molecule has 2 aromatic rings. The van der Waals surface area contributed by atoms with E-state index in [2.05, 4.69) is 15.9 Å². The summed E-state index contributed by atoms with van der Waals surface area (Å²) in [6.45, 7) is 0. The second kappa shape index (κ2) is 6.03. The van der Waals surface area contributed by atoms with E-state index in [4.69, 9.17) is 0 Å². The number of hydrogen-bond donors (Lipinski definition) is 0. The maximum absolute atomic E-state index is 11.9. The molecule has 0 aliphatic rings. The largest absolute Gasteiger partial charge is 0.293 e. The van der Waals surface area contributed by atoms with E-state index < -0.39 is 0 Å². The van der Waals surface area contributed by atoms with Gasteiger partial charge in [0.05, 0.1) is 5.75 Å². The molecule has 0 atom stereocenters. The number of carbonyl (C=O) groups excluding carboxylic acids is 1. The average molecular weight is 307 g/mol. The predicted octanol–water partition coefficient (Wildman–Crippen LogP) is 4.42. The molecule has 86 valence electrons. The number of ketones is 1. The lowest BCUT2D eigenvalue weighted by Gasteiger charge is -2.02. The normalized spacial score (nSPS) is 10.2. The van der Waals surface area contributed by atoms with Crippen LogP contribution >= 0.6 is 27.7 Å². The van der Waals surface area contributed by atoms with Gasteiger partial charge in [0.2, 0.25) is 0 Å². The van der Waals surface area contributed by atoms with Gasteiger partial charge in [-0.25, -0.2) is 0 Å². The van der Waals surface area contributed by atoms with E-state index in [1.54, 1.807) is 11.8 Å². The molecule has 0 aliphatic heterocycles. The Kier molecular flexibility index (Phi) is 4.40. The summed E-state index contributed by atoms with van der Waals surface area (Å²) in [6, 6.07) is 17.4. The zero-order chi connectivity index (χ0) is 12.1. The van der Waals surface area contributed by atoms with Crippen LogP contribution in [0.3, 0.4) is 0 Å². The van der Waals surface area contributed by atoms with Gasteiger partial charge in [-0.1, -0.05) is 52.3 Å². The molecule has 0 aromatic heterocycles. The Hall–Kier alpha value is -1.06. The number of Topliss-reactive ketones (excluding diaryl/α,β-unsaturated/α-hetero) is 1. The van der Waals surface area contributed by atoms with Gasteiger partial charge in [0.25, 0.3) is 0 Å². The first-order valence-corrected chi connectivity index (χ1v) is 7.00. The maximum Gasteiger partial charge on any atom is 0.173 e. The van der Waals surface area contributed by atoms with Gasteiger partial charge in [0.15, 0.2) is 5.78 Å². The quantitative estimate of drug-likeness (QED) is 0.614. The Morgan fingerprint density at radius 3 is 2.53 bits per heavy atom. The Bertz CT molecular complexity index is 511. The van der Waals surface area contributed by atoms with Crippen molar-refractivity contribution in [3.05, 3.63) is 64.6 Å². The number of rotatable bonds is 4. The molecule has 2 rings (SSSR count). The predicted molar refractivity (Wildman–Crippen MR) is 75.6 cm³/mol. The van der Waals surface area contributed by atoms with Crippen LogP contribution in [0.4, 0.5) is 0 Å². The van der Waals surface area contributed by atoms with Crippen LogP contribution in [0.2, 0.25) is 0 Å². The highest BCUT2D eigenvalue weighted by molar-refractivity contribution is 9.10. The zero-order valence-electron chi connectivity index (χ0n) is 9.10. The van der Waals surface area contributed by atoms with Gasteiger partial charge in [0.1, 0.15) is 0 Å². The van der Waals surface area contributed by atoms with Gasteiger partial charge in [-0.2, -0.15) is 0 Å². The van der Waals surface area contributed by atoms with E-state index in [0.29, 0.717) is 5.75 Å². The third kappa shape index (κ3) is 3.72. The van der Waals surface area contributed by atoms with Gasteiger partial charge in [-0.3, -0.25) is 4.79 Å². The lowest BCUT2D eigenvalue weighted by Crippen LogP contribution is -2.01. The molecular weight excluding hydrogens is 296 g/mol. The fourth-order valence-corrected chi connectivity index (χ4v) is 2.81. The van der Waals surface area contributed by atoms with Crippen LogP contribution in [0.1, 0.15) is 10.4 Å². The molecule has 0 bridgehead atoms. The third-order valence-electron chi connectivity index (χ3n) is 2.26. The smallest absolute Gasteiger partial charge is 0.173 e. The Morgan fingerprint density at radius 1 is 1.06 bits per heavy atom. The Balaban J connectivity index is 1.97. The van der Waals surface area contributed by atoms with Crippen molar-refractivity contribution in [2.24, 2.45) is 0 Å². The molecule has 0 saturated heterocycles. The minimum Gasteiger partial charge on any atom is -0.293 e. The first-order valence-electron chi connectivity index (χ1n) is 5.22. The minimum absolute atomic E-state index is 0.163. The number of carbonyl (C=O) groups is 1. The second-order valence-corrected chi connectivity index (χ2v) is 5.50. The lowest BCUT2D eigenvalue weighted by atomic mass is 10.2. The molecule has 1 nitrogen and oxygen atoms in total. The lowest BCUT2D eigenvalue weighted by molar-refractivity contribution is 0.102. The molecule has 2 aromatic carbocycles. The highest BCUT2D eigenvalue weighted by Gasteiger charge is 2.05. The molecule has 0 spiro atoms. The van der Waals surface area contributed by atoms with Gasteiger partial charge in [0, 0.05) is 14.9 Å². The van der Waals surface area contributed by atoms with E-state index >= 15 is 0 Å². The summed E-state index contributed by atoms with van der Waals surface area (Å²) >= 11 is 4.97. The van der Waals surface area contributed by atoms with Crippen molar-refractivity contribution in [2.45, 2.75) is 4.90 Å². The van der Waals surface area contributed by atoms with Crippen molar-refractivity contribution in [1.29, 1.82) is 0 Å². The van der Waals surface area contributed by atoms with E-state index in [0.717, 1.165) is 14.9 Å². The Morgan fingerprint density at radius 2 is 1.82 bits per heavy atom. The SMILES string of the molecule is O=C(CSc1cccc(Br)c1)c1ccccc1. The first kappa shape index (κ1) is 12.4. The topological polar surface area (TPSA) is 17.1 Å². The van der Waals surface area contributed by atoms with Crippen molar-refractivity contribution in [3.63, 3.8) is 0 Å². The standard InChI is InChI=1S/C14H11BrOS/c15-12-7-4-8-13(9-12)17-10-14(16)11-5-2-1-3-6-11/h1-9H,10H2. The van der Waals surface area contributed by atoms with E-state index in [1.807, 2.05) is 54.6 Å². The number of benzene rings is 2. The van der Waals surface area contributed by atoms with Crippen LogP contribution in [-0.4, -0.2) is 11.5 Å². The van der Waals surface area contributed by atoms with Crippen LogP contribution in [0, 0.1) is 0 Å². The van der Waals surface area contributed by atoms with Crippen LogP contribution < -0.4 is 0 Å². The summed E-state index contributed by atoms with van der Waals surface area (Å²) in [5.41, 5.74) is 0.773. The monoisotopic (exact) mass is 306 g/mol. The van der Waals surface area contributed by atoms with Crippen LogP contribution in [-0.2, 0) is 0 Å². The van der Waals surface area contributed by atoms with Crippen molar-refractivity contribution >= 4 is 33.5 Å². The molecule has 0 heterocycles. The van der Waals surface area contributed by atoms with Crippen molar-refractivity contribution < 1.29 is 4.79 Å². The van der Waals surface area contributed by atoms with E-state index in [1.165, 1.54) is 0 Å². The average Bonchev–Trinajstić information content (AvgIpc) is 2.37. The molecule has 0 fully saturated rings. The van der Waals surface area contributed by atoms with Crippen LogP contribution in [0.25, 0.3) is 0 Å². The van der Waals surface area contributed by atoms with Crippen LogP contribution in [0.5, 0.6) is 0 Å². The first-order chi connectivity index (χ1) is 8.25. The molecular formula is C14H11BrOS. The Labute approximate surface area is 113 Å². The third-order valence-corrected chi connectivity index (χ3v) is 3.75. The summed E-state index contributed by atoms with van der Waals surface area (Å²) in [7, 11) is 0. The van der Waals surface area contributed by atoms with Gasteiger partial charge >= 0.3 is 0 Å². The number of halogens is 1. The summed E-state index contributed by atoms with van der Waals surface area (Å²) in [5.74, 6) is 0.635. The summed E-state index contributed by atoms with van der Waals surface area (Å²) < 4.78 is 1.04. The maximum atomic E-state index is 11.9. The molecule has 0 radical (unpaired) electrons. The van der Waals surface area contributed by atoms with Crippen molar-refractivity contribution in [3.8, 4) is 0 Å². The number of hydrogen-bond acceptors (Lipinski definition) is 2. The fraction of sp³-hybridized carbons (Fsp3) is 0.0714. The minimum atomic E-state index is 0.163. The van der Waals surface area contributed by atoms with Crippen molar-refractivity contribution in [2.75, 3.05) is 5.75 Å². The summed E-state index contributed by atoms with van der Waals surface area (Å²) in [6.07, 6.45) is 0. The van der Waals surface area contributed by atoms with E-state index in [-0.39, 0.29) is 5.78 Å². The summed E-state index contributed by atoms with van der Waals surface area (Å²) in [4.78, 5) is 13.0. The van der Waals surface area contributed by atoms with Crippen LogP contribution in [0.15, 0.2) is 64.0 Å². The number of thioether (sulfide) groups is 1. The molecule has 0 unspecified atom stereocenters. The van der Waals surface area contributed by atoms with Crippen molar-refractivity contribution in [1.82, 2.24) is 0 Å². The molecule has 0 N–H and O–H groups in total. The highest BCUT2D eigenvalue weighted by atomic mass is 79.9. The highest BCUT2D eigenvalue weighted by Crippen LogP contribution is 2.22.